The number of piperidine rings is 1. The molecular weight excluding hydrogens is 356 g/mol. The van der Waals surface area contributed by atoms with Gasteiger partial charge >= 0.3 is 0 Å². The number of benzene rings is 1. The van der Waals surface area contributed by atoms with Crippen LogP contribution < -0.4 is 10.1 Å². The van der Waals surface area contributed by atoms with E-state index in [-0.39, 0.29) is 29.3 Å². The van der Waals surface area contributed by atoms with Crippen LogP contribution in [0.5, 0.6) is 5.75 Å². The summed E-state index contributed by atoms with van der Waals surface area (Å²) in [4.78, 5) is 12.7. The van der Waals surface area contributed by atoms with Crippen molar-refractivity contribution in [2.45, 2.75) is 37.6 Å². The van der Waals surface area contributed by atoms with Crippen molar-refractivity contribution in [1.82, 2.24) is 9.62 Å². The largest absolute Gasteiger partial charge is 0.496 e. The van der Waals surface area contributed by atoms with E-state index in [0.717, 1.165) is 5.56 Å². The standard InChI is InChI=1S/C18H28N2O5S/c1-13-10-16(7-8-17(13)25-4)26(22,23)20-9-5-6-15(11-20)18(21)19-14(2)12-24-3/h7-8,10,14-15H,5-6,9,11-12H2,1-4H3,(H,19,21)/t14-,15-/m1/s1. The Morgan fingerprint density at radius 1 is 1.38 bits per heavy atom. The van der Waals surface area contributed by atoms with Crippen molar-refractivity contribution in [3.05, 3.63) is 23.8 Å². The number of rotatable bonds is 7. The molecule has 7 nitrogen and oxygen atoms in total. The quantitative estimate of drug-likeness (QED) is 0.771. The Morgan fingerprint density at radius 2 is 2.12 bits per heavy atom. The second kappa shape index (κ2) is 8.83. The van der Waals surface area contributed by atoms with Gasteiger partial charge in [-0.15, -0.1) is 0 Å². The van der Waals surface area contributed by atoms with Gasteiger partial charge in [-0.2, -0.15) is 4.31 Å². The van der Waals surface area contributed by atoms with Crippen molar-refractivity contribution in [2.75, 3.05) is 33.9 Å². The second-order valence-corrected chi connectivity index (χ2v) is 8.64. The predicted octanol–water partition coefficient (Wildman–Crippen LogP) is 1.56. The highest BCUT2D eigenvalue weighted by atomic mass is 32.2. The van der Waals surface area contributed by atoms with Gasteiger partial charge in [-0.05, 0) is 50.5 Å². The summed E-state index contributed by atoms with van der Waals surface area (Å²) in [7, 11) is -0.513. The molecule has 1 saturated heterocycles. The molecule has 1 fully saturated rings. The van der Waals surface area contributed by atoms with Gasteiger partial charge in [0, 0.05) is 26.2 Å². The van der Waals surface area contributed by atoms with E-state index in [1.807, 2.05) is 13.8 Å². The molecule has 146 valence electrons. The summed E-state index contributed by atoms with van der Waals surface area (Å²) in [5.74, 6) is 0.171. The Kier molecular flexibility index (Phi) is 7.02. The highest BCUT2D eigenvalue weighted by Crippen LogP contribution is 2.27. The number of methoxy groups -OCH3 is 2. The van der Waals surface area contributed by atoms with E-state index in [1.165, 1.54) is 4.31 Å². The molecule has 0 aliphatic carbocycles. The van der Waals surface area contributed by atoms with E-state index in [2.05, 4.69) is 5.32 Å². The Labute approximate surface area is 155 Å². The normalized spacial score (nSPS) is 19.8. The lowest BCUT2D eigenvalue weighted by Crippen LogP contribution is -2.47. The molecule has 1 heterocycles. The fourth-order valence-corrected chi connectivity index (χ4v) is 4.80. The zero-order valence-corrected chi connectivity index (χ0v) is 16.6. The van der Waals surface area contributed by atoms with Gasteiger partial charge in [0.1, 0.15) is 5.75 Å². The molecule has 0 radical (unpaired) electrons. The number of sulfonamides is 1. The molecule has 0 bridgehead atoms. The fraction of sp³-hybridized carbons (Fsp3) is 0.611. The lowest BCUT2D eigenvalue weighted by Gasteiger charge is -2.32. The molecule has 1 aromatic rings. The summed E-state index contributed by atoms with van der Waals surface area (Å²) >= 11 is 0. The number of hydrogen-bond acceptors (Lipinski definition) is 5. The van der Waals surface area contributed by atoms with Crippen molar-refractivity contribution < 1.29 is 22.7 Å². The number of amides is 1. The first kappa shape index (κ1) is 20.7. The van der Waals surface area contributed by atoms with Gasteiger partial charge in [0.15, 0.2) is 0 Å². The van der Waals surface area contributed by atoms with Crippen molar-refractivity contribution in [1.29, 1.82) is 0 Å². The summed E-state index contributed by atoms with van der Waals surface area (Å²) in [6, 6.07) is 4.70. The second-order valence-electron chi connectivity index (χ2n) is 6.70. The smallest absolute Gasteiger partial charge is 0.243 e. The van der Waals surface area contributed by atoms with Crippen LogP contribution >= 0.6 is 0 Å². The minimum Gasteiger partial charge on any atom is -0.496 e. The molecule has 1 N–H and O–H groups in total. The molecule has 2 rings (SSSR count). The first-order valence-electron chi connectivity index (χ1n) is 8.73. The van der Waals surface area contributed by atoms with Crippen LogP contribution in [0.15, 0.2) is 23.1 Å². The molecule has 0 unspecified atom stereocenters. The maximum Gasteiger partial charge on any atom is 0.243 e. The fourth-order valence-electron chi connectivity index (χ4n) is 3.19. The van der Waals surface area contributed by atoms with E-state index in [4.69, 9.17) is 9.47 Å². The molecule has 2 atom stereocenters. The lowest BCUT2D eigenvalue weighted by molar-refractivity contribution is -0.127. The summed E-state index contributed by atoms with van der Waals surface area (Å²) in [5, 5.41) is 2.88. The monoisotopic (exact) mass is 384 g/mol. The van der Waals surface area contributed by atoms with E-state index in [9.17, 15) is 13.2 Å². The van der Waals surface area contributed by atoms with Crippen LogP contribution in [0.4, 0.5) is 0 Å². The molecular formula is C18H28N2O5S. The molecule has 1 aliphatic heterocycles. The Balaban J connectivity index is 2.12. The number of nitrogens with zero attached hydrogens (tertiary/aromatic N) is 1. The number of carbonyl (C=O) groups excluding carboxylic acids is 1. The van der Waals surface area contributed by atoms with Gasteiger partial charge in [0.05, 0.1) is 24.5 Å². The summed E-state index contributed by atoms with van der Waals surface area (Å²) < 4.78 is 37.6. The summed E-state index contributed by atoms with van der Waals surface area (Å²) in [6.45, 7) is 4.70. The van der Waals surface area contributed by atoms with Gasteiger partial charge in [-0.3, -0.25) is 4.79 Å². The minimum absolute atomic E-state index is 0.108. The topological polar surface area (TPSA) is 84.9 Å². The van der Waals surface area contributed by atoms with Gasteiger partial charge in [0.2, 0.25) is 15.9 Å². The zero-order chi connectivity index (χ0) is 19.3. The van der Waals surface area contributed by atoms with Crippen molar-refractivity contribution >= 4 is 15.9 Å². The molecule has 1 amide bonds. The third-order valence-electron chi connectivity index (χ3n) is 4.56. The molecule has 1 aliphatic rings. The maximum atomic E-state index is 13.0. The molecule has 0 spiro atoms. The number of ether oxygens (including phenoxy) is 2. The summed E-state index contributed by atoms with van der Waals surface area (Å²) in [6.07, 6.45) is 1.34. The maximum absolute atomic E-state index is 13.0. The van der Waals surface area contributed by atoms with E-state index in [1.54, 1.807) is 32.4 Å². The number of carbonyl (C=O) groups is 1. The summed E-state index contributed by atoms with van der Waals surface area (Å²) in [5.41, 5.74) is 0.758. The van der Waals surface area contributed by atoms with Gasteiger partial charge < -0.3 is 14.8 Å². The molecule has 26 heavy (non-hydrogen) atoms. The van der Waals surface area contributed by atoms with E-state index in [0.29, 0.717) is 31.7 Å². The lowest BCUT2D eigenvalue weighted by atomic mass is 9.98. The third kappa shape index (κ3) is 4.75. The van der Waals surface area contributed by atoms with Crippen LogP contribution in [0, 0.1) is 12.8 Å². The minimum atomic E-state index is -3.64. The predicted molar refractivity (Wildman–Crippen MR) is 98.7 cm³/mol. The molecule has 0 saturated carbocycles. The molecule has 1 aromatic carbocycles. The van der Waals surface area contributed by atoms with Crippen molar-refractivity contribution in [2.24, 2.45) is 5.92 Å². The number of aryl methyl sites for hydroxylation is 1. The highest BCUT2D eigenvalue weighted by Gasteiger charge is 2.33. The van der Waals surface area contributed by atoms with E-state index >= 15 is 0 Å². The van der Waals surface area contributed by atoms with Crippen LogP contribution in [0.25, 0.3) is 0 Å². The zero-order valence-electron chi connectivity index (χ0n) is 15.8. The Hall–Kier alpha value is -1.64. The van der Waals surface area contributed by atoms with Gasteiger partial charge in [-0.25, -0.2) is 8.42 Å². The van der Waals surface area contributed by atoms with E-state index < -0.39 is 10.0 Å². The Bertz CT molecular complexity index is 735. The third-order valence-corrected chi connectivity index (χ3v) is 6.43. The first-order chi connectivity index (χ1) is 12.3. The van der Waals surface area contributed by atoms with Gasteiger partial charge in [0.25, 0.3) is 0 Å². The molecule has 8 heteroatoms. The molecule has 0 aromatic heterocycles. The van der Waals surface area contributed by atoms with Crippen molar-refractivity contribution in [3.63, 3.8) is 0 Å². The van der Waals surface area contributed by atoms with Crippen LogP contribution in [-0.4, -0.2) is 58.6 Å². The average molecular weight is 384 g/mol. The number of hydrogen-bond donors (Lipinski definition) is 1. The number of nitrogens with one attached hydrogen (secondary N) is 1. The SMILES string of the molecule is COC[C@@H](C)NC(=O)[C@@H]1CCCN(S(=O)(=O)c2ccc(OC)c(C)c2)C1. The van der Waals surface area contributed by atoms with Crippen LogP contribution in [0.3, 0.4) is 0 Å². The average Bonchev–Trinajstić information content (AvgIpc) is 2.61. The Morgan fingerprint density at radius 3 is 2.73 bits per heavy atom. The van der Waals surface area contributed by atoms with Crippen LogP contribution in [-0.2, 0) is 19.6 Å². The van der Waals surface area contributed by atoms with Crippen LogP contribution in [0.2, 0.25) is 0 Å². The van der Waals surface area contributed by atoms with Crippen LogP contribution in [0.1, 0.15) is 25.3 Å². The first-order valence-corrected chi connectivity index (χ1v) is 10.2. The van der Waals surface area contributed by atoms with Gasteiger partial charge in [-0.1, -0.05) is 0 Å². The highest BCUT2D eigenvalue weighted by molar-refractivity contribution is 7.89. The van der Waals surface area contributed by atoms with Crippen molar-refractivity contribution in [3.8, 4) is 5.75 Å².